The topological polar surface area (TPSA) is 32.3 Å². The molecule has 1 fully saturated rings. The van der Waals surface area contributed by atoms with Gasteiger partial charge >= 0.3 is 0 Å². The van der Waals surface area contributed by atoms with Crippen molar-refractivity contribution in [2.75, 3.05) is 24.7 Å². The van der Waals surface area contributed by atoms with Crippen molar-refractivity contribution >= 4 is 11.8 Å². The van der Waals surface area contributed by atoms with Crippen LogP contribution in [-0.4, -0.2) is 35.8 Å². The maximum Gasteiger partial charge on any atom is 0.0471 e. The van der Waals surface area contributed by atoms with Crippen LogP contribution in [0.5, 0.6) is 0 Å². The first kappa shape index (κ1) is 11.3. The predicted octanol–water partition coefficient (Wildman–Crippen LogP) is 1.35. The molecule has 3 heteroatoms. The first-order chi connectivity index (χ1) is 6.24. The van der Waals surface area contributed by atoms with Crippen LogP contribution >= 0.6 is 11.8 Å². The standard InChI is InChI=1S/C10H21NOS/c1-8(6-12)9(2)11-5-10-3-4-13-7-10/h8-12H,3-7H2,1-2H3. The van der Waals surface area contributed by atoms with Crippen LogP contribution in [-0.2, 0) is 0 Å². The number of nitrogens with one attached hydrogen (secondary N) is 1. The van der Waals surface area contributed by atoms with Gasteiger partial charge in [0.15, 0.2) is 0 Å². The molecule has 0 amide bonds. The third kappa shape index (κ3) is 3.88. The van der Waals surface area contributed by atoms with Gasteiger partial charge in [-0.15, -0.1) is 0 Å². The smallest absolute Gasteiger partial charge is 0.0471 e. The Labute approximate surface area is 85.5 Å². The molecule has 1 saturated heterocycles. The maximum atomic E-state index is 8.95. The fourth-order valence-corrected chi connectivity index (χ4v) is 2.74. The van der Waals surface area contributed by atoms with Crippen molar-refractivity contribution in [2.45, 2.75) is 26.3 Å². The Bertz CT molecular complexity index is 137. The molecule has 0 aromatic rings. The fourth-order valence-electron chi connectivity index (χ4n) is 1.46. The SMILES string of the molecule is CC(CO)C(C)NCC1CCSC1. The van der Waals surface area contributed by atoms with Gasteiger partial charge in [0, 0.05) is 12.6 Å². The lowest BCUT2D eigenvalue weighted by Gasteiger charge is -2.21. The molecule has 1 aliphatic rings. The molecule has 0 bridgehead atoms. The van der Waals surface area contributed by atoms with Gasteiger partial charge in [0.1, 0.15) is 0 Å². The van der Waals surface area contributed by atoms with Gasteiger partial charge in [-0.25, -0.2) is 0 Å². The minimum Gasteiger partial charge on any atom is -0.396 e. The van der Waals surface area contributed by atoms with Crippen molar-refractivity contribution in [3.63, 3.8) is 0 Å². The molecule has 0 aliphatic carbocycles. The van der Waals surface area contributed by atoms with E-state index in [9.17, 15) is 0 Å². The zero-order valence-electron chi connectivity index (χ0n) is 8.62. The van der Waals surface area contributed by atoms with Gasteiger partial charge in [-0.05, 0) is 43.2 Å². The largest absolute Gasteiger partial charge is 0.396 e. The molecule has 0 aromatic carbocycles. The van der Waals surface area contributed by atoms with Crippen LogP contribution in [0.2, 0.25) is 0 Å². The maximum absolute atomic E-state index is 8.95. The van der Waals surface area contributed by atoms with E-state index in [0.717, 1.165) is 12.5 Å². The zero-order chi connectivity index (χ0) is 9.68. The molecule has 1 aliphatic heterocycles. The molecule has 0 saturated carbocycles. The van der Waals surface area contributed by atoms with E-state index in [2.05, 4.69) is 30.9 Å². The van der Waals surface area contributed by atoms with E-state index in [-0.39, 0.29) is 6.61 Å². The van der Waals surface area contributed by atoms with Crippen LogP contribution in [0.1, 0.15) is 20.3 Å². The number of hydrogen-bond acceptors (Lipinski definition) is 3. The molecule has 3 unspecified atom stereocenters. The highest BCUT2D eigenvalue weighted by atomic mass is 32.2. The van der Waals surface area contributed by atoms with E-state index in [1.807, 2.05) is 0 Å². The summed E-state index contributed by atoms with van der Waals surface area (Å²) in [5.74, 6) is 3.87. The van der Waals surface area contributed by atoms with Crippen LogP contribution in [0.15, 0.2) is 0 Å². The van der Waals surface area contributed by atoms with Gasteiger partial charge < -0.3 is 10.4 Å². The summed E-state index contributed by atoms with van der Waals surface area (Å²) < 4.78 is 0. The Hall–Kier alpha value is 0.270. The third-order valence-corrected chi connectivity index (χ3v) is 4.13. The molecule has 78 valence electrons. The Kier molecular flexibility index (Phi) is 5.14. The van der Waals surface area contributed by atoms with Gasteiger partial charge in [-0.1, -0.05) is 6.92 Å². The first-order valence-electron chi connectivity index (χ1n) is 5.16. The van der Waals surface area contributed by atoms with Crippen molar-refractivity contribution < 1.29 is 5.11 Å². The van der Waals surface area contributed by atoms with Crippen LogP contribution < -0.4 is 5.32 Å². The van der Waals surface area contributed by atoms with E-state index < -0.39 is 0 Å². The summed E-state index contributed by atoms with van der Waals surface area (Å²) in [6.45, 7) is 5.65. The van der Waals surface area contributed by atoms with Crippen molar-refractivity contribution in [1.29, 1.82) is 0 Å². The molecule has 0 radical (unpaired) electrons. The van der Waals surface area contributed by atoms with E-state index in [0.29, 0.717) is 12.0 Å². The highest BCUT2D eigenvalue weighted by Crippen LogP contribution is 2.22. The Morgan fingerprint density at radius 2 is 2.31 bits per heavy atom. The lowest BCUT2D eigenvalue weighted by atomic mass is 10.0. The highest BCUT2D eigenvalue weighted by Gasteiger charge is 2.17. The molecule has 1 heterocycles. The van der Waals surface area contributed by atoms with Crippen LogP contribution in [0.25, 0.3) is 0 Å². The lowest BCUT2D eigenvalue weighted by Crippen LogP contribution is -2.37. The Morgan fingerprint density at radius 1 is 1.54 bits per heavy atom. The minimum absolute atomic E-state index is 0.285. The van der Waals surface area contributed by atoms with Crippen LogP contribution in [0, 0.1) is 11.8 Å². The van der Waals surface area contributed by atoms with Gasteiger partial charge in [0.2, 0.25) is 0 Å². The number of rotatable bonds is 5. The van der Waals surface area contributed by atoms with Crippen molar-refractivity contribution in [2.24, 2.45) is 11.8 Å². The molecule has 13 heavy (non-hydrogen) atoms. The normalized spacial score (nSPS) is 27.5. The van der Waals surface area contributed by atoms with Gasteiger partial charge in [0.25, 0.3) is 0 Å². The van der Waals surface area contributed by atoms with E-state index in [4.69, 9.17) is 5.11 Å². The third-order valence-electron chi connectivity index (χ3n) is 2.89. The number of aliphatic hydroxyl groups is 1. The monoisotopic (exact) mass is 203 g/mol. The molecule has 0 aromatic heterocycles. The second kappa shape index (κ2) is 5.89. The molecule has 1 rings (SSSR count). The summed E-state index contributed by atoms with van der Waals surface area (Å²) in [6.07, 6.45) is 1.36. The lowest BCUT2D eigenvalue weighted by molar-refractivity contribution is 0.205. The van der Waals surface area contributed by atoms with Crippen LogP contribution in [0.4, 0.5) is 0 Å². The quantitative estimate of drug-likeness (QED) is 0.707. The number of hydrogen-bond donors (Lipinski definition) is 2. The van der Waals surface area contributed by atoms with E-state index in [1.54, 1.807) is 0 Å². The fraction of sp³-hybridized carbons (Fsp3) is 1.00. The Morgan fingerprint density at radius 3 is 2.85 bits per heavy atom. The average Bonchev–Trinajstić information content (AvgIpc) is 2.65. The van der Waals surface area contributed by atoms with E-state index in [1.165, 1.54) is 17.9 Å². The second-order valence-corrected chi connectivity index (χ2v) is 5.24. The van der Waals surface area contributed by atoms with Crippen molar-refractivity contribution in [3.8, 4) is 0 Å². The highest BCUT2D eigenvalue weighted by molar-refractivity contribution is 7.99. The first-order valence-corrected chi connectivity index (χ1v) is 6.31. The zero-order valence-corrected chi connectivity index (χ0v) is 9.44. The molecular weight excluding hydrogens is 182 g/mol. The molecule has 3 atom stereocenters. The van der Waals surface area contributed by atoms with Crippen LogP contribution in [0.3, 0.4) is 0 Å². The van der Waals surface area contributed by atoms with Gasteiger partial charge in [-0.3, -0.25) is 0 Å². The molecule has 2 nitrogen and oxygen atoms in total. The summed E-state index contributed by atoms with van der Waals surface area (Å²) >= 11 is 2.06. The Balaban J connectivity index is 2.10. The van der Waals surface area contributed by atoms with Crippen molar-refractivity contribution in [3.05, 3.63) is 0 Å². The summed E-state index contributed by atoms with van der Waals surface area (Å²) in [5, 5.41) is 12.5. The van der Waals surface area contributed by atoms with Gasteiger partial charge in [-0.2, -0.15) is 11.8 Å². The van der Waals surface area contributed by atoms with Gasteiger partial charge in [0.05, 0.1) is 0 Å². The second-order valence-electron chi connectivity index (χ2n) is 4.09. The summed E-state index contributed by atoms with van der Waals surface area (Å²) in [6, 6.07) is 0.440. The predicted molar refractivity (Wildman–Crippen MR) is 59.1 cm³/mol. The summed E-state index contributed by atoms with van der Waals surface area (Å²) in [4.78, 5) is 0. The average molecular weight is 203 g/mol. The van der Waals surface area contributed by atoms with Crippen molar-refractivity contribution in [1.82, 2.24) is 5.32 Å². The minimum atomic E-state index is 0.285. The van der Waals surface area contributed by atoms with E-state index >= 15 is 0 Å². The molecule has 2 N–H and O–H groups in total. The number of aliphatic hydroxyl groups excluding tert-OH is 1. The molecular formula is C10H21NOS. The summed E-state index contributed by atoms with van der Waals surface area (Å²) in [7, 11) is 0. The number of thioether (sulfide) groups is 1. The summed E-state index contributed by atoms with van der Waals surface area (Å²) in [5.41, 5.74) is 0. The molecule has 0 spiro atoms.